The molecule has 0 aliphatic rings. The summed E-state index contributed by atoms with van der Waals surface area (Å²) in [5, 5.41) is 8.98. The zero-order chi connectivity index (χ0) is 10.7. The van der Waals surface area contributed by atoms with Gasteiger partial charge in [-0.3, -0.25) is 4.98 Å². The number of nitrogens with zero attached hydrogens (tertiary/aromatic N) is 1. The summed E-state index contributed by atoms with van der Waals surface area (Å²) in [5.41, 5.74) is 6.52. The van der Waals surface area contributed by atoms with Crippen molar-refractivity contribution >= 4 is 0 Å². The zero-order valence-corrected chi connectivity index (χ0v) is 7.80. The second kappa shape index (κ2) is 4.43. The van der Waals surface area contributed by atoms with Crippen molar-refractivity contribution in [2.24, 2.45) is 5.73 Å². The minimum Gasteiger partial charge on any atom is -0.392 e. The predicted molar refractivity (Wildman–Crippen MR) is 47.7 cm³/mol. The molecule has 0 unspecified atom stereocenters. The topological polar surface area (TPSA) is 59.1 Å². The SMILES string of the molecule is Cc1cc(C(F)F)nc(CN)c1CO. The number of aromatic nitrogens is 1. The molecule has 14 heavy (non-hydrogen) atoms. The molecule has 0 saturated carbocycles. The van der Waals surface area contributed by atoms with Gasteiger partial charge in [0.05, 0.1) is 12.3 Å². The van der Waals surface area contributed by atoms with Gasteiger partial charge in [-0.05, 0) is 18.6 Å². The van der Waals surface area contributed by atoms with E-state index in [0.29, 0.717) is 16.8 Å². The molecule has 0 bridgehead atoms. The van der Waals surface area contributed by atoms with E-state index in [1.807, 2.05) is 0 Å². The number of aliphatic hydroxyl groups excluding tert-OH is 1. The van der Waals surface area contributed by atoms with Crippen LogP contribution in [0.3, 0.4) is 0 Å². The molecule has 1 rings (SSSR count). The van der Waals surface area contributed by atoms with Crippen LogP contribution in [0.15, 0.2) is 6.07 Å². The minimum absolute atomic E-state index is 0.0529. The van der Waals surface area contributed by atoms with Crippen LogP contribution in [-0.4, -0.2) is 10.1 Å². The Morgan fingerprint density at radius 1 is 1.57 bits per heavy atom. The quantitative estimate of drug-likeness (QED) is 0.776. The van der Waals surface area contributed by atoms with E-state index < -0.39 is 6.43 Å². The van der Waals surface area contributed by atoms with E-state index in [1.165, 1.54) is 6.07 Å². The van der Waals surface area contributed by atoms with Crippen LogP contribution in [0.2, 0.25) is 0 Å². The second-order valence-corrected chi connectivity index (χ2v) is 2.95. The first-order chi connectivity index (χ1) is 6.60. The molecule has 0 saturated heterocycles. The van der Waals surface area contributed by atoms with Gasteiger partial charge >= 0.3 is 0 Å². The molecule has 0 atom stereocenters. The Morgan fingerprint density at radius 3 is 2.64 bits per heavy atom. The summed E-state index contributed by atoms with van der Waals surface area (Å²) in [6, 6.07) is 1.27. The highest BCUT2D eigenvalue weighted by Crippen LogP contribution is 2.21. The van der Waals surface area contributed by atoms with Gasteiger partial charge in [0.2, 0.25) is 0 Å². The molecular formula is C9H12F2N2O. The minimum atomic E-state index is -2.60. The van der Waals surface area contributed by atoms with E-state index in [2.05, 4.69) is 4.98 Å². The predicted octanol–water partition coefficient (Wildman–Crippen LogP) is 1.28. The lowest BCUT2D eigenvalue weighted by Crippen LogP contribution is -2.09. The van der Waals surface area contributed by atoms with Crippen molar-refractivity contribution in [2.75, 3.05) is 0 Å². The molecule has 0 spiro atoms. The molecule has 0 fully saturated rings. The van der Waals surface area contributed by atoms with Gasteiger partial charge in [-0.25, -0.2) is 8.78 Å². The molecular weight excluding hydrogens is 190 g/mol. The van der Waals surface area contributed by atoms with Gasteiger partial charge in [-0.15, -0.1) is 0 Å². The van der Waals surface area contributed by atoms with E-state index in [0.717, 1.165) is 0 Å². The number of halogens is 2. The second-order valence-electron chi connectivity index (χ2n) is 2.95. The number of hydrogen-bond donors (Lipinski definition) is 2. The maximum atomic E-state index is 12.3. The molecule has 3 nitrogen and oxygen atoms in total. The lowest BCUT2D eigenvalue weighted by Gasteiger charge is -2.10. The Balaban J connectivity index is 3.24. The Labute approximate surface area is 80.6 Å². The third-order valence-electron chi connectivity index (χ3n) is 2.03. The average molecular weight is 202 g/mol. The van der Waals surface area contributed by atoms with Crippen molar-refractivity contribution in [3.8, 4) is 0 Å². The molecule has 0 aliphatic carbocycles. The van der Waals surface area contributed by atoms with Crippen LogP contribution in [0.1, 0.15) is 28.9 Å². The number of aliphatic hydroxyl groups is 1. The molecule has 1 aromatic heterocycles. The highest BCUT2D eigenvalue weighted by Gasteiger charge is 2.14. The standard InChI is InChI=1S/C9H12F2N2O/c1-5-2-7(9(10)11)13-8(3-12)6(5)4-14/h2,9,14H,3-4,12H2,1H3. The van der Waals surface area contributed by atoms with Crippen LogP contribution in [0.4, 0.5) is 8.78 Å². The molecule has 0 radical (unpaired) electrons. The first-order valence-electron chi connectivity index (χ1n) is 4.18. The third-order valence-corrected chi connectivity index (χ3v) is 2.03. The Morgan fingerprint density at radius 2 is 2.21 bits per heavy atom. The number of nitrogens with two attached hydrogens (primary N) is 1. The normalized spacial score (nSPS) is 11.0. The maximum Gasteiger partial charge on any atom is 0.280 e. The fraction of sp³-hybridized carbons (Fsp3) is 0.444. The van der Waals surface area contributed by atoms with Gasteiger partial charge in [0.15, 0.2) is 0 Å². The molecule has 0 aromatic carbocycles. The average Bonchev–Trinajstić information content (AvgIpc) is 2.16. The molecule has 78 valence electrons. The van der Waals surface area contributed by atoms with Gasteiger partial charge in [-0.1, -0.05) is 0 Å². The summed E-state index contributed by atoms with van der Waals surface area (Å²) in [6.45, 7) is 1.48. The number of pyridine rings is 1. The third kappa shape index (κ3) is 2.05. The van der Waals surface area contributed by atoms with Crippen molar-refractivity contribution in [3.05, 3.63) is 28.6 Å². The fourth-order valence-electron chi connectivity index (χ4n) is 1.29. The molecule has 1 heterocycles. The van der Waals surface area contributed by atoms with Gasteiger partial charge < -0.3 is 10.8 Å². The summed E-state index contributed by atoms with van der Waals surface area (Å²) in [4.78, 5) is 3.69. The molecule has 5 heteroatoms. The van der Waals surface area contributed by atoms with E-state index in [-0.39, 0.29) is 18.8 Å². The lowest BCUT2D eigenvalue weighted by atomic mass is 10.1. The summed E-state index contributed by atoms with van der Waals surface area (Å²) in [7, 11) is 0. The van der Waals surface area contributed by atoms with Crippen LogP contribution in [0.25, 0.3) is 0 Å². The summed E-state index contributed by atoms with van der Waals surface area (Å²) in [5.74, 6) is 0. The van der Waals surface area contributed by atoms with Crippen molar-refractivity contribution in [1.29, 1.82) is 0 Å². The van der Waals surface area contributed by atoms with Crippen molar-refractivity contribution < 1.29 is 13.9 Å². The smallest absolute Gasteiger partial charge is 0.280 e. The first-order valence-corrected chi connectivity index (χ1v) is 4.18. The highest BCUT2D eigenvalue weighted by molar-refractivity contribution is 5.31. The number of alkyl halides is 2. The van der Waals surface area contributed by atoms with Gasteiger partial charge in [-0.2, -0.15) is 0 Å². The van der Waals surface area contributed by atoms with Crippen molar-refractivity contribution in [3.63, 3.8) is 0 Å². The molecule has 0 amide bonds. The summed E-state index contributed by atoms with van der Waals surface area (Å²) >= 11 is 0. The number of rotatable bonds is 3. The molecule has 3 N–H and O–H groups in total. The summed E-state index contributed by atoms with van der Waals surface area (Å²) in [6.07, 6.45) is -2.60. The highest BCUT2D eigenvalue weighted by atomic mass is 19.3. The first kappa shape index (κ1) is 11.0. The molecule has 0 aliphatic heterocycles. The number of aryl methyl sites for hydroxylation is 1. The van der Waals surface area contributed by atoms with E-state index in [4.69, 9.17) is 10.8 Å². The Hall–Kier alpha value is -1.07. The van der Waals surface area contributed by atoms with E-state index >= 15 is 0 Å². The van der Waals surface area contributed by atoms with E-state index in [9.17, 15) is 8.78 Å². The van der Waals surface area contributed by atoms with Crippen LogP contribution in [0, 0.1) is 6.92 Å². The van der Waals surface area contributed by atoms with Crippen LogP contribution >= 0.6 is 0 Å². The van der Waals surface area contributed by atoms with Gasteiger partial charge in [0, 0.05) is 12.1 Å². The van der Waals surface area contributed by atoms with E-state index in [1.54, 1.807) is 6.92 Å². The fourth-order valence-corrected chi connectivity index (χ4v) is 1.29. The maximum absolute atomic E-state index is 12.3. The Kier molecular flexibility index (Phi) is 3.49. The number of hydrogen-bond acceptors (Lipinski definition) is 3. The largest absolute Gasteiger partial charge is 0.392 e. The lowest BCUT2D eigenvalue weighted by molar-refractivity contribution is 0.145. The monoisotopic (exact) mass is 202 g/mol. The van der Waals surface area contributed by atoms with Crippen molar-refractivity contribution in [2.45, 2.75) is 26.5 Å². The van der Waals surface area contributed by atoms with Crippen LogP contribution < -0.4 is 5.73 Å². The van der Waals surface area contributed by atoms with Crippen molar-refractivity contribution in [1.82, 2.24) is 4.98 Å². The Bertz CT molecular complexity index is 329. The molecule has 1 aromatic rings. The van der Waals surface area contributed by atoms with Crippen LogP contribution in [0.5, 0.6) is 0 Å². The van der Waals surface area contributed by atoms with Gasteiger partial charge in [0.25, 0.3) is 6.43 Å². The summed E-state index contributed by atoms with van der Waals surface area (Å²) < 4.78 is 24.7. The zero-order valence-electron chi connectivity index (χ0n) is 7.80. The van der Waals surface area contributed by atoms with Crippen LogP contribution in [-0.2, 0) is 13.2 Å². The van der Waals surface area contributed by atoms with Gasteiger partial charge in [0.1, 0.15) is 5.69 Å².